The van der Waals surface area contributed by atoms with Crippen molar-refractivity contribution >= 4 is 0 Å². The molecule has 5 heteroatoms. The summed E-state index contributed by atoms with van der Waals surface area (Å²) in [5, 5.41) is 0. The van der Waals surface area contributed by atoms with E-state index in [0.717, 1.165) is 35.7 Å². The van der Waals surface area contributed by atoms with Gasteiger partial charge in [0.05, 0.1) is 13.2 Å². The van der Waals surface area contributed by atoms with E-state index < -0.39 is 0 Å². The third kappa shape index (κ3) is 4.23. The number of aromatic nitrogens is 2. The summed E-state index contributed by atoms with van der Waals surface area (Å²) >= 11 is 0. The van der Waals surface area contributed by atoms with Gasteiger partial charge in [-0.1, -0.05) is 13.0 Å². The van der Waals surface area contributed by atoms with Gasteiger partial charge in [0.15, 0.2) is 0 Å². The molecule has 0 saturated heterocycles. The van der Waals surface area contributed by atoms with Crippen molar-refractivity contribution < 1.29 is 9.47 Å². The fraction of sp³-hybridized carbons (Fsp3) is 0.438. The Labute approximate surface area is 125 Å². The number of hydrogen-bond acceptors (Lipinski definition) is 4. The first-order chi connectivity index (χ1) is 10.2. The fourth-order valence-electron chi connectivity index (χ4n) is 2.04. The molecule has 0 bridgehead atoms. The normalized spacial score (nSPS) is 10.6. The standard InChI is InChI=1S/C16H23N3O2/c1-3-9-20-14-5-4-13(12-17)15(11-14)21-10-6-16-18-7-8-19(16)2/h4-5,7-8,11H,3,6,9-10,12,17H2,1-2H3. The molecule has 0 aliphatic carbocycles. The molecule has 2 N–H and O–H groups in total. The zero-order valence-corrected chi connectivity index (χ0v) is 12.7. The van der Waals surface area contributed by atoms with Gasteiger partial charge >= 0.3 is 0 Å². The SMILES string of the molecule is CCCOc1ccc(CN)c(OCCc2nccn2C)c1. The van der Waals surface area contributed by atoms with E-state index >= 15 is 0 Å². The summed E-state index contributed by atoms with van der Waals surface area (Å²) in [6.07, 6.45) is 5.46. The quantitative estimate of drug-likeness (QED) is 0.810. The van der Waals surface area contributed by atoms with Crippen LogP contribution in [0.3, 0.4) is 0 Å². The Balaban J connectivity index is 1.98. The van der Waals surface area contributed by atoms with E-state index in [-0.39, 0.29) is 0 Å². The van der Waals surface area contributed by atoms with Crippen LogP contribution < -0.4 is 15.2 Å². The van der Waals surface area contributed by atoms with Crippen molar-refractivity contribution in [1.29, 1.82) is 0 Å². The van der Waals surface area contributed by atoms with Crippen LogP contribution >= 0.6 is 0 Å². The first kappa shape index (κ1) is 15.4. The maximum Gasteiger partial charge on any atom is 0.127 e. The van der Waals surface area contributed by atoms with E-state index in [1.807, 2.05) is 36.0 Å². The summed E-state index contributed by atoms with van der Waals surface area (Å²) in [5.41, 5.74) is 6.74. The highest BCUT2D eigenvalue weighted by Gasteiger charge is 2.06. The molecule has 0 fully saturated rings. The summed E-state index contributed by atoms with van der Waals surface area (Å²) in [6, 6.07) is 5.81. The van der Waals surface area contributed by atoms with Crippen LogP contribution in [0.4, 0.5) is 0 Å². The Morgan fingerprint density at radius 1 is 1.24 bits per heavy atom. The van der Waals surface area contributed by atoms with Gasteiger partial charge in [0, 0.05) is 44.0 Å². The number of nitrogens with zero attached hydrogens (tertiary/aromatic N) is 2. The number of rotatable bonds is 8. The van der Waals surface area contributed by atoms with Crippen LogP contribution in [0.2, 0.25) is 0 Å². The monoisotopic (exact) mass is 289 g/mol. The van der Waals surface area contributed by atoms with Crippen molar-refractivity contribution in [3.63, 3.8) is 0 Å². The highest BCUT2D eigenvalue weighted by atomic mass is 16.5. The Morgan fingerprint density at radius 2 is 2.10 bits per heavy atom. The van der Waals surface area contributed by atoms with Gasteiger partial charge in [-0.25, -0.2) is 4.98 Å². The minimum absolute atomic E-state index is 0.450. The molecule has 1 heterocycles. The predicted octanol–water partition coefficient (Wildman–Crippen LogP) is 2.29. The Hall–Kier alpha value is -2.01. The highest BCUT2D eigenvalue weighted by Crippen LogP contribution is 2.25. The second-order valence-corrected chi connectivity index (χ2v) is 4.87. The van der Waals surface area contributed by atoms with Crippen molar-refractivity contribution in [3.8, 4) is 11.5 Å². The van der Waals surface area contributed by atoms with Crippen LogP contribution in [0.5, 0.6) is 11.5 Å². The molecule has 0 amide bonds. The molecular weight excluding hydrogens is 266 g/mol. The molecule has 5 nitrogen and oxygen atoms in total. The summed E-state index contributed by atoms with van der Waals surface area (Å²) in [7, 11) is 1.98. The molecule has 0 atom stereocenters. The summed E-state index contributed by atoms with van der Waals surface area (Å²) in [6.45, 7) is 3.80. The lowest BCUT2D eigenvalue weighted by molar-refractivity contribution is 0.299. The zero-order chi connectivity index (χ0) is 15.1. The molecule has 0 aliphatic heterocycles. The van der Waals surface area contributed by atoms with Crippen molar-refractivity contribution in [3.05, 3.63) is 42.0 Å². The molecule has 0 aliphatic rings. The molecule has 0 spiro atoms. The van der Waals surface area contributed by atoms with Crippen LogP contribution in [0, 0.1) is 0 Å². The Kier molecular flexibility index (Phi) is 5.63. The predicted molar refractivity (Wildman–Crippen MR) is 82.5 cm³/mol. The van der Waals surface area contributed by atoms with E-state index in [1.54, 1.807) is 6.20 Å². The van der Waals surface area contributed by atoms with Crippen molar-refractivity contribution in [2.45, 2.75) is 26.3 Å². The second-order valence-electron chi connectivity index (χ2n) is 4.87. The number of benzene rings is 1. The van der Waals surface area contributed by atoms with Crippen LogP contribution in [0.25, 0.3) is 0 Å². The first-order valence-electron chi connectivity index (χ1n) is 7.29. The van der Waals surface area contributed by atoms with E-state index in [2.05, 4.69) is 11.9 Å². The lowest BCUT2D eigenvalue weighted by atomic mass is 10.2. The number of hydrogen-bond donors (Lipinski definition) is 1. The van der Waals surface area contributed by atoms with E-state index in [1.165, 1.54) is 0 Å². The molecule has 2 rings (SSSR count). The third-order valence-electron chi connectivity index (χ3n) is 3.24. The number of nitrogens with two attached hydrogens (primary N) is 1. The largest absolute Gasteiger partial charge is 0.493 e. The highest BCUT2D eigenvalue weighted by molar-refractivity contribution is 5.40. The first-order valence-corrected chi connectivity index (χ1v) is 7.29. The summed E-state index contributed by atoms with van der Waals surface area (Å²) in [4.78, 5) is 4.28. The Morgan fingerprint density at radius 3 is 2.76 bits per heavy atom. The topological polar surface area (TPSA) is 62.3 Å². The van der Waals surface area contributed by atoms with Crippen LogP contribution in [0.1, 0.15) is 24.7 Å². The number of imidazole rings is 1. The van der Waals surface area contributed by atoms with Gasteiger partial charge in [0.2, 0.25) is 0 Å². The maximum atomic E-state index is 5.86. The average Bonchev–Trinajstić information content (AvgIpc) is 2.91. The van der Waals surface area contributed by atoms with Gasteiger partial charge in [-0.05, 0) is 12.5 Å². The molecular formula is C16H23N3O2. The molecule has 21 heavy (non-hydrogen) atoms. The van der Waals surface area contributed by atoms with Gasteiger partial charge < -0.3 is 19.8 Å². The van der Waals surface area contributed by atoms with E-state index in [4.69, 9.17) is 15.2 Å². The van der Waals surface area contributed by atoms with Crippen molar-refractivity contribution in [2.75, 3.05) is 13.2 Å². The van der Waals surface area contributed by atoms with Gasteiger partial charge in [-0.2, -0.15) is 0 Å². The van der Waals surface area contributed by atoms with E-state index in [9.17, 15) is 0 Å². The average molecular weight is 289 g/mol. The Bertz CT molecular complexity index is 566. The lowest BCUT2D eigenvalue weighted by Crippen LogP contribution is -2.09. The zero-order valence-electron chi connectivity index (χ0n) is 12.7. The number of aryl methyl sites for hydroxylation is 1. The third-order valence-corrected chi connectivity index (χ3v) is 3.24. The van der Waals surface area contributed by atoms with Crippen molar-refractivity contribution in [1.82, 2.24) is 9.55 Å². The maximum absolute atomic E-state index is 5.86. The van der Waals surface area contributed by atoms with Crippen LogP contribution in [-0.4, -0.2) is 22.8 Å². The number of ether oxygens (including phenoxy) is 2. The van der Waals surface area contributed by atoms with Gasteiger partial charge in [0.1, 0.15) is 17.3 Å². The minimum atomic E-state index is 0.450. The fourth-order valence-corrected chi connectivity index (χ4v) is 2.04. The van der Waals surface area contributed by atoms with Gasteiger partial charge in [0.25, 0.3) is 0 Å². The second kappa shape index (κ2) is 7.69. The van der Waals surface area contributed by atoms with E-state index in [0.29, 0.717) is 19.8 Å². The summed E-state index contributed by atoms with van der Waals surface area (Å²) in [5.74, 6) is 2.61. The smallest absolute Gasteiger partial charge is 0.127 e. The molecule has 2 aromatic rings. The van der Waals surface area contributed by atoms with Gasteiger partial charge in [-0.15, -0.1) is 0 Å². The molecule has 114 valence electrons. The molecule has 1 aromatic carbocycles. The van der Waals surface area contributed by atoms with Crippen LogP contribution in [-0.2, 0) is 20.0 Å². The van der Waals surface area contributed by atoms with Crippen LogP contribution in [0.15, 0.2) is 30.6 Å². The molecule has 0 radical (unpaired) electrons. The molecule has 0 unspecified atom stereocenters. The summed E-state index contributed by atoms with van der Waals surface area (Å²) < 4.78 is 13.5. The molecule has 1 aromatic heterocycles. The molecule has 0 saturated carbocycles. The van der Waals surface area contributed by atoms with Crippen molar-refractivity contribution in [2.24, 2.45) is 12.8 Å². The van der Waals surface area contributed by atoms with Gasteiger partial charge in [-0.3, -0.25) is 0 Å². The lowest BCUT2D eigenvalue weighted by Gasteiger charge is -2.13. The minimum Gasteiger partial charge on any atom is -0.493 e.